The van der Waals surface area contributed by atoms with Crippen molar-refractivity contribution in [3.05, 3.63) is 88.6 Å². The van der Waals surface area contributed by atoms with Gasteiger partial charge < -0.3 is 9.84 Å². The molecule has 0 spiro atoms. The van der Waals surface area contributed by atoms with E-state index in [0.717, 1.165) is 15.8 Å². The Hall–Kier alpha value is -3.78. The molecular weight excluding hydrogens is 479 g/mol. The second-order valence-corrected chi connectivity index (χ2v) is 8.23. The minimum Gasteiger partial charge on any atom is -0.507 e. The first kappa shape index (κ1) is 24.3. The summed E-state index contributed by atoms with van der Waals surface area (Å²) in [5, 5.41) is 15.1. The van der Waals surface area contributed by atoms with E-state index in [4.69, 9.17) is 16.3 Å². The van der Waals surface area contributed by atoms with E-state index < -0.39 is 11.9 Å². The SMILES string of the molecule is CN=Cc1ccc(-c2c(C(F)(F)F)nn(C)c2-c2ccc(OCc3ccc(Cl)cc3)cc2O)cc1. The largest absolute Gasteiger partial charge is 0.507 e. The number of hydrogen-bond donors (Lipinski definition) is 1. The Morgan fingerprint density at radius 1 is 1.06 bits per heavy atom. The minimum atomic E-state index is -4.69. The number of halogens is 4. The van der Waals surface area contributed by atoms with Crippen LogP contribution in [0.3, 0.4) is 0 Å². The Morgan fingerprint density at radius 3 is 2.34 bits per heavy atom. The molecule has 0 bridgehead atoms. The number of ether oxygens (including phenoxy) is 1. The minimum absolute atomic E-state index is 0.120. The molecule has 35 heavy (non-hydrogen) atoms. The second-order valence-electron chi connectivity index (χ2n) is 7.80. The fourth-order valence-corrected chi connectivity index (χ4v) is 3.86. The van der Waals surface area contributed by atoms with Gasteiger partial charge in [0.15, 0.2) is 5.69 Å². The predicted molar refractivity (Wildman–Crippen MR) is 130 cm³/mol. The molecule has 0 amide bonds. The number of aromatic nitrogens is 2. The number of rotatable bonds is 6. The lowest BCUT2D eigenvalue weighted by Gasteiger charge is -2.13. The Bertz CT molecular complexity index is 1360. The van der Waals surface area contributed by atoms with E-state index in [1.54, 1.807) is 55.7 Å². The zero-order valence-electron chi connectivity index (χ0n) is 18.8. The van der Waals surface area contributed by atoms with Crippen LogP contribution in [0.2, 0.25) is 5.02 Å². The molecule has 0 aliphatic carbocycles. The summed E-state index contributed by atoms with van der Waals surface area (Å²) in [4.78, 5) is 3.92. The molecule has 9 heteroatoms. The summed E-state index contributed by atoms with van der Waals surface area (Å²) in [6.45, 7) is 0.235. The van der Waals surface area contributed by atoms with Crippen molar-refractivity contribution in [3.63, 3.8) is 0 Å². The van der Waals surface area contributed by atoms with Crippen molar-refractivity contribution in [1.82, 2.24) is 9.78 Å². The van der Waals surface area contributed by atoms with Gasteiger partial charge in [-0.25, -0.2) is 0 Å². The first-order valence-electron chi connectivity index (χ1n) is 10.5. The first-order valence-corrected chi connectivity index (χ1v) is 10.9. The van der Waals surface area contributed by atoms with Crippen molar-refractivity contribution >= 4 is 17.8 Å². The smallest absolute Gasteiger partial charge is 0.435 e. The van der Waals surface area contributed by atoms with Gasteiger partial charge in [-0.1, -0.05) is 48.0 Å². The zero-order valence-corrected chi connectivity index (χ0v) is 19.6. The lowest BCUT2D eigenvalue weighted by Crippen LogP contribution is -2.08. The summed E-state index contributed by atoms with van der Waals surface area (Å²) < 4.78 is 48.6. The topological polar surface area (TPSA) is 59.6 Å². The molecule has 1 aromatic heterocycles. The van der Waals surface area contributed by atoms with Gasteiger partial charge >= 0.3 is 6.18 Å². The molecule has 0 aliphatic rings. The van der Waals surface area contributed by atoms with Crippen LogP contribution in [0.4, 0.5) is 13.2 Å². The third-order valence-corrected chi connectivity index (χ3v) is 5.59. The van der Waals surface area contributed by atoms with Crippen LogP contribution in [-0.2, 0) is 19.8 Å². The molecule has 0 radical (unpaired) electrons. The van der Waals surface area contributed by atoms with Gasteiger partial charge in [0, 0.05) is 42.5 Å². The second kappa shape index (κ2) is 9.84. The van der Waals surface area contributed by atoms with Crippen LogP contribution in [-0.4, -0.2) is 28.1 Å². The average molecular weight is 500 g/mol. The molecule has 0 atom stereocenters. The Balaban J connectivity index is 1.73. The highest BCUT2D eigenvalue weighted by Gasteiger charge is 2.40. The van der Waals surface area contributed by atoms with E-state index in [0.29, 0.717) is 16.3 Å². The molecule has 5 nitrogen and oxygen atoms in total. The molecule has 0 aliphatic heterocycles. The highest BCUT2D eigenvalue weighted by atomic mass is 35.5. The summed E-state index contributed by atoms with van der Waals surface area (Å²) in [5.74, 6) is 0.135. The summed E-state index contributed by atoms with van der Waals surface area (Å²) in [6, 6.07) is 18.1. The van der Waals surface area contributed by atoms with Gasteiger partial charge in [-0.15, -0.1) is 0 Å². The summed E-state index contributed by atoms with van der Waals surface area (Å²) in [5.41, 5.74) is 1.12. The van der Waals surface area contributed by atoms with E-state index in [-0.39, 0.29) is 29.2 Å². The Morgan fingerprint density at radius 2 is 1.74 bits per heavy atom. The van der Waals surface area contributed by atoms with Crippen LogP contribution >= 0.6 is 11.6 Å². The number of alkyl halides is 3. The summed E-state index contributed by atoms with van der Waals surface area (Å²) in [7, 11) is 3.02. The van der Waals surface area contributed by atoms with Gasteiger partial charge in [0.1, 0.15) is 18.1 Å². The molecule has 0 unspecified atom stereocenters. The van der Waals surface area contributed by atoms with Crippen molar-refractivity contribution in [1.29, 1.82) is 0 Å². The van der Waals surface area contributed by atoms with Crippen molar-refractivity contribution in [3.8, 4) is 33.9 Å². The number of aliphatic imine (C=N–C) groups is 1. The molecule has 1 heterocycles. The van der Waals surface area contributed by atoms with E-state index in [1.807, 2.05) is 12.1 Å². The van der Waals surface area contributed by atoms with Gasteiger partial charge in [0.05, 0.1) is 5.69 Å². The van der Waals surface area contributed by atoms with Crippen molar-refractivity contribution in [2.45, 2.75) is 12.8 Å². The molecule has 0 fully saturated rings. The van der Waals surface area contributed by atoms with Crippen molar-refractivity contribution in [2.24, 2.45) is 12.0 Å². The lowest BCUT2D eigenvalue weighted by molar-refractivity contribution is -0.140. The molecule has 4 rings (SSSR count). The van der Waals surface area contributed by atoms with Crippen LogP contribution in [0.25, 0.3) is 22.4 Å². The number of nitrogens with zero attached hydrogens (tertiary/aromatic N) is 3. The molecule has 3 aromatic carbocycles. The highest BCUT2D eigenvalue weighted by molar-refractivity contribution is 6.30. The maximum Gasteiger partial charge on any atom is 0.435 e. The zero-order chi connectivity index (χ0) is 25.2. The fourth-order valence-electron chi connectivity index (χ4n) is 3.74. The number of aromatic hydroxyl groups is 1. The molecule has 0 saturated heterocycles. The Kier molecular flexibility index (Phi) is 6.84. The van der Waals surface area contributed by atoms with Crippen LogP contribution in [0.1, 0.15) is 16.8 Å². The van der Waals surface area contributed by atoms with Crippen LogP contribution in [0.5, 0.6) is 11.5 Å². The van der Waals surface area contributed by atoms with Gasteiger partial charge in [-0.3, -0.25) is 9.67 Å². The maximum absolute atomic E-state index is 13.9. The maximum atomic E-state index is 13.9. The molecule has 1 N–H and O–H groups in total. The quantitative estimate of drug-likeness (QED) is 0.298. The average Bonchev–Trinajstić information content (AvgIpc) is 3.17. The standard InChI is InChI=1S/C26H21ClF3N3O2/c1-31-14-16-3-7-18(8-4-16)23-24(33(2)32-25(23)26(28,29)30)21-12-11-20(13-22(21)34)35-15-17-5-9-19(27)10-6-17/h3-14,34H,15H2,1-2H3. The predicted octanol–water partition coefficient (Wildman–Crippen LogP) is 6.76. The number of phenols is 1. The van der Waals surface area contributed by atoms with E-state index >= 15 is 0 Å². The highest BCUT2D eigenvalue weighted by Crippen LogP contribution is 2.44. The van der Waals surface area contributed by atoms with E-state index in [2.05, 4.69) is 10.1 Å². The molecular formula is C26H21ClF3N3O2. The van der Waals surface area contributed by atoms with E-state index in [9.17, 15) is 18.3 Å². The molecule has 4 aromatic rings. The summed E-state index contributed by atoms with van der Waals surface area (Å²) in [6.07, 6.45) is -3.08. The van der Waals surface area contributed by atoms with Crippen LogP contribution in [0.15, 0.2) is 71.7 Å². The van der Waals surface area contributed by atoms with Gasteiger partial charge in [0.2, 0.25) is 0 Å². The van der Waals surface area contributed by atoms with Gasteiger partial charge in [-0.2, -0.15) is 18.3 Å². The number of hydrogen-bond acceptors (Lipinski definition) is 4. The van der Waals surface area contributed by atoms with Crippen molar-refractivity contribution in [2.75, 3.05) is 7.05 Å². The molecule has 180 valence electrons. The van der Waals surface area contributed by atoms with Gasteiger partial charge in [0.25, 0.3) is 0 Å². The van der Waals surface area contributed by atoms with E-state index in [1.165, 1.54) is 19.2 Å². The summed E-state index contributed by atoms with van der Waals surface area (Å²) >= 11 is 5.89. The molecule has 0 saturated carbocycles. The monoisotopic (exact) mass is 499 g/mol. The third-order valence-electron chi connectivity index (χ3n) is 5.34. The lowest BCUT2D eigenvalue weighted by atomic mass is 9.97. The Labute approximate surface area is 205 Å². The van der Waals surface area contributed by atoms with Crippen molar-refractivity contribution < 1.29 is 23.0 Å². The fraction of sp³-hybridized carbons (Fsp3) is 0.154. The van der Waals surface area contributed by atoms with Gasteiger partial charge in [-0.05, 0) is 41.0 Å². The normalized spacial score (nSPS) is 11.8. The number of aryl methyl sites for hydroxylation is 1. The number of phenolic OH excluding ortho intramolecular Hbond substituents is 1. The van der Waals surface area contributed by atoms with Crippen LogP contribution in [0, 0.1) is 0 Å². The number of benzene rings is 3. The third kappa shape index (κ3) is 5.33. The van der Waals surface area contributed by atoms with Crippen LogP contribution < -0.4 is 4.74 Å². The first-order chi connectivity index (χ1) is 16.7.